The van der Waals surface area contributed by atoms with Crippen LogP contribution in [0.2, 0.25) is 0 Å². The van der Waals surface area contributed by atoms with Crippen LogP contribution in [0.1, 0.15) is 19.5 Å². The summed E-state index contributed by atoms with van der Waals surface area (Å²) in [6.07, 6.45) is 0. The molecule has 2 rings (SSSR count). The van der Waals surface area contributed by atoms with Crippen molar-refractivity contribution >= 4 is 0 Å². The molecule has 6 heteroatoms. The molecular formula is C14H15F2N3O. The van der Waals surface area contributed by atoms with Crippen LogP contribution in [-0.2, 0) is 6.54 Å². The first-order valence-electron chi connectivity index (χ1n) is 6.24. The molecule has 0 saturated carbocycles. The van der Waals surface area contributed by atoms with Gasteiger partial charge >= 0.3 is 0 Å². The van der Waals surface area contributed by atoms with E-state index in [-0.39, 0.29) is 23.0 Å². The number of hydrogen-bond donors (Lipinski definition) is 2. The summed E-state index contributed by atoms with van der Waals surface area (Å²) in [5.74, 6) is -1.28. The van der Waals surface area contributed by atoms with Crippen LogP contribution in [0.5, 0.6) is 0 Å². The van der Waals surface area contributed by atoms with E-state index in [1.54, 1.807) is 0 Å². The summed E-state index contributed by atoms with van der Waals surface area (Å²) in [5.41, 5.74) is 0.355. The second kappa shape index (κ2) is 5.92. The third-order valence-corrected chi connectivity index (χ3v) is 2.62. The van der Waals surface area contributed by atoms with Gasteiger partial charge in [-0.3, -0.25) is 4.79 Å². The molecular weight excluding hydrogens is 264 g/mol. The van der Waals surface area contributed by atoms with Crippen molar-refractivity contribution in [2.45, 2.75) is 26.4 Å². The Labute approximate surface area is 114 Å². The van der Waals surface area contributed by atoms with E-state index in [1.807, 2.05) is 13.8 Å². The molecule has 2 N–H and O–H groups in total. The van der Waals surface area contributed by atoms with Gasteiger partial charge in [0, 0.05) is 30.3 Å². The Morgan fingerprint density at radius 3 is 2.45 bits per heavy atom. The van der Waals surface area contributed by atoms with Crippen molar-refractivity contribution in [3.8, 4) is 11.4 Å². The number of H-pyrrole nitrogens is 1. The van der Waals surface area contributed by atoms with Gasteiger partial charge in [-0.25, -0.2) is 13.8 Å². The van der Waals surface area contributed by atoms with E-state index in [2.05, 4.69) is 15.3 Å². The fraction of sp³-hybridized carbons (Fsp3) is 0.286. The molecule has 1 heterocycles. The first-order valence-corrected chi connectivity index (χ1v) is 6.24. The number of aromatic nitrogens is 2. The average Bonchev–Trinajstić information content (AvgIpc) is 2.34. The Balaban J connectivity index is 2.38. The van der Waals surface area contributed by atoms with Crippen molar-refractivity contribution in [3.05, 3.63) is 51.9 Å². The lowest BCUT2D eigenvalue weighted by Gasteiger charge is -2.08. The molecule has 0 radical (unpaired) electrons. The highest BCUT2D eigenvalue weighted by molar-refractivity contribution is 5.54. The summed E-state index contributed by atoms with van der Waals surface area (Å²) in [5, 5.41) is 3.13. The Morgan fingerprint density at radius 2 is 1.85 bits per heavy atom. The van der Waals surface area contributed by atoms with Gasteiger partial charge in [-0.1, -0.05) is 13.8 Å². The third-order valence-electron chi connectivity index (χ3n) is 2.62. The van der Waals surface area contributed by atoms with Crippen LogP contribution in [0.25, 0.3) is 11.4 Å². The van der Waals surface area contributed by atoms with Gasteiger partial charge in [-0.2, -0.15) is 0 Å². The minimum absolute atomic E-state index is 0.149. The van der Waals surface area contributed by atoms with Gasteiger partial charge in [0.1, 0.15) is 17.5 Å². The molecule has 1 aromatic heterocycles. The molecule has 0 aliphatic rings. The largest absolute Gasteiger partial charge is 0.309 e. The van der Waals surface area contributed by atoms with Gasteiger partial charge in [0.05, 0.1) is 5.69 Å². The fourth-order valence-corrected chi connectivity index (χ4v) is 1.73. The second-order valence-electron chi connectivity index (χ2n) is 4.78. The van der Waals surface area contributed by atoms with E-state index < -0.39 is 11.6 Å². The number of halogens is 2. The maximum Gasteiger partial charge on any atom is 0.251 e. The minimum atomic E-state index is -0.714. The number of benzene rings is 1. The van der Waals surface area contributed by atoms with Gasteiger partial charge in [-0.05, 0) is 12.1 Å². The highest BCUT2D eigenvalue weighted by Gasteiger charge is 2.08. The van der Waals surface area contributed by atoms with Crippen LogP contribution in [-0.4, -0.2) is 16.0 Å². The predicted molar refractivity (Wildman–Crippen MR) is 72.2 cm³/mol. The molecule has 0 saturated heterocycles. The molecule has 4 nitrogen and oxygen atoms in total. The molecule has 0 amide bonds. The van der Waals surface area contributed by atoms with Gasteiger partial charge in [-0.15, -0.1) is 0 Å². The van der Waals surface area contributed by atoms with Gasteiger partial charge in [0.15, 0.2) is 0 Å². The highest BCUT2D eigenvalue weighted by atomic mass is 19.1. The van der Waals surface area contributed by atoms with Gasteiger partial charge < -0.3 is 10.3 Å². The van der Waals surface area contributed by atoms with Crippen LogP contribution in [0.15, 0.2) is 29.1 Å². The van der Waals surface area contributed by atoms with Crippen molar-refractivity contribution in [2.75, 3.05) is 0 Å². The second-order valence-corrected chi connectivity index (χ2v) is 4.78. The summed E-state index contributed by atoms with van der Waals surface area (Å²) < 4.78 is 26.4. The molecule has 0 aliphatic heterocycles. The van der Waals surface area contributed by atoms with Crippen LogP contribution in [0, 0.1) is 11.6 Å². The summed E-state index contributed by atoms with van der Waals surface area (Å²) in [4.78, 5) is 18.3. The monoisotopic (exact) mass is 279 g/mol. The van der Waals surface area contributed by atoms with Crippen molar-refractivity contribution in [3.63, 3.8) is 0 Å². The van der Waals surface area contributed by atoms with E-state index in [0.717, 1.165) is 18.2 Å². The number of aromatic amines is 1. The molecule has 20 heavy (non-hydrogen) atoms. The number of nitrogens with zero attached hydrogens (tertiary/aromatic N) is 1. The maximum atomic E-state index is 13.2. The van der Waals surface area contributed by atoms with Gasteiger partial charge in [0.2, 0.25) is 0 Å². The molecule has 0 atom stereocenters. The topological polar surface area (TPSA) is 57.8 Å². The molecule has 0 aliphatic carbocycles. The summed E-state index contributed by atoms with van der Waals surface area (Å²) in [6, 6.07) is 4.62. The van der Waals surface area contributed by atoms with Crippen LogP contribution >= 0.6 is 0 Å². The van der Waals surface area contributed by atoms with E-state index in [1.165, 1.54) is 6.07 Å². The molecule has 1 aromatic carbocycles. The van der Waals surface area contributed by atoms with Crippen molar-refractivity contribution in [1.82, 2.24) is 15.3 Å². The molecule has 106 valence electrons. The van der Waals surface area contributed by atoms with E-state index >= 15 is 0 Å². The summed E-state index contributed by atoms with van der Waals surface area (Å²) >= 11 is 0. The zero-order valence-corrected chi connectivity index (χ0v) is 11.2. The predicted octanol–water partition coefficient (Wildman–Crippen LogP) is 2.21. The van der Waals surface area contributed by atoms with Crippen molar-refractivity contribution in [1.29, 1.82) is 0 Å². The quantitative estimate of drug-likeness (QED) is 0.902. The zero-order valence-electron chi connectivity index (χ0n) is 11.2. The molecule has 2 aromatic rings. The SMILES string of the molecule is CC(C)NCc1cc(=O)[nH]c(-c2cc(F)cc(F)c2)n1. The molecule has 0 spiro atoms. The molecule has 0 fully saturated rings. The van der Waals surface area contributed by atoms with Crippen molar-refractivity contribution in [2.24, 2.45) is 0 Å². The Morgan fingerprint density at radius 1 is 1.20 bits per heavy atom. The third kappa shape index (κ3) is 3.71. The normalized spacial score (nSPS) is 11.1. The van der Waals surface area contributed by atoms with E-state index in [4.69, 9.17) is 0 Å². The lowest BCUT2D eigenvalue weighted by molar-refractivity contribution is 0.579. The average molecular weight is 279 g/mol. The highest BCUT2D eigenvalue weighted by Crippen LogP contribution is 2.17. The number of nitrogens with one attached hydrogen (secondary N) is 2. The van der Waals surface area contributed by atoms with E-state index in [9.17, 15) is 13.6 Å². The van der Waals surface area contributed by atoms with E-state index in [0.29, 0.717) is 12.2 Å². The Hall–Kier alpha value is -2.08. The lowest BCUT2D eigenvalue weighted by atomic mass is 10.2. The fourth-order valence-electron chi connectivity index (χ4n) is 1.73. The van der Waals surface area contributed by atoms with Gasteiger partial charge in [0.25, 0.3) is 5.56 Å². The maximum absolute atomic E-state index is 13.2. The Bertz CT molecular complexity index is 647. The van der Waals surface area contributed by atoms with Crippen LogP contribution < -0.4 is 10.9 Å². The van der Waals surface area contributed by atoms with Crippen LogP contribution in [0.3, 0.4) is 0 Å². The smallest absolute Gasteiger partial charge is 0.251 e. The summed E-state index contributed by atoms with van der Waals surface area (Å²) in [7, 11) is 0. The lowest BCUT2D eigenvalue weighted by Crippen LogP contribution is -2.24. The first-order chi connectivity index (χ1) is 9.44. The minimum Gasteiger partial charge on any atom is -0.309 e. The standard InChI is InChI=1S/C14H15F2N3O/c1-8(2)17-7-12-6-13(20)19-14(18-12)9-3-10(15)5-11(16)4-9/h3-6,8,17H,7H2,1-2H3,(H,18,19,20). The number of rotatable bonds is 4. The zero-order chi connectivity index (χ0) is 14.7. The number of hydrogen-bond acceptors (Lipinski definition) is 3. The Kier molecular flexibility index (Phi) is 4.24. The van der Waals surface area contributed by atoms with Crippen molar-refractivity contribution < 1.29 is 8.78 Å². The first kappa shape index (κ1) is 14.3. The molecule has 0 unspecified atom stereocenters. The van der Waals surface area contributed by atoms with Crippen LogP contribution in [0.4, 0.5) is 8.78 Å². The molecule has 0 bridgehead atoms. The summed E-state index contributed by atoms with van der Waals surface area (Å²) in [6.45, 7) is 4.35.